The fourth-order valence-electron chi connectivity index (χ4n) is 3.05. The molecule has 0 aromatic heterocycles. The van der Waals surface area contributed by atoms with Crippen molar-refractivity contribution in [1.29, 1.82) is 0 Å². The summed E-state index contributed by atoms with van der Waals surface area (Å²) < 4.78 is 5.43. The number of benzene rings is 1. The molecule has 1 aromatic rings. The molecule has 2 amide bonds. The van der Waals surface area contributed by atoms with Crippen molar-refractivity contribution in [2.24, 2.45) is 10.9 Å². The number of hydrogen-bond acceptors (Lipinski definition) is 7. The van der Waals surface area contributed by atoms with Crippen molar-refractivity contribution in [3.63, 3.8) is 0 Å². The van der Waals surface area contributed by atoms with Gasteiger partial charge in [-0.15, -0.1) is 0 Å². The lowest BCUT2D eigenvalue weighted by atomic mass is 9.93. The minimum Gasteiger partial charge on any atom is -0.481 e. The molecule has 7 N–H and O–H groups in total. The summed E-state index contributed by atoms with van der Waals surface area (Å²) in [6, 6.07) is 6.42. The Morgan fingerprint density at radius 1 is 1.21 bits per heavy atom. The number of anilines is 1. The second kappa shape index (κ2) is 12.0. The Balaban J connectivity index is 2.01. The SMILES string of the molecule is NN=CNc1cccc(C(=O)NCC(=O)NC2(OCC(=O)O)C=CC=C(CCC(=O)O)C2)c1. The molecule has 176 valence electrons. The maximum atomic E-state index is 12.5. The molecule has 0 fully saturated rings. The molecular weight excluding hydrogens is 434 g/mol. The molecule has 0 spiro atoms. The van der Waals surface area contributed by atoms with E-state index in [1.165, 1.54) is 18.5 Å². The van der Waals surface area contributed by atoms with Gasteiger partial charge in [0.2, 0.25) is 5.91 Å². The second-order valence-electron chi connectivity index (χ2n) is 7.06. The number of carboxylic acid groups (broad SMARTS) is 2. The second-order valence-corrected chi connectivity index (χ2v) is 7.06. The summed E-state index contributed by atoms with van der Waals surface area (Å²) in [5.74, 6) is 1.67. The molecule has 12 nitrogen and oxygen atoms in total. The van der Waals surface area contributed by atoms with Crippen LogP contribution in [0.1, 0.15) is 29.6 Å². The minimum absolute atomic E-state index is 0.0696. The quantitative estimate of drug-likeness (QED) is 0.0843. The molecule has 0 saturated heterocycles. The van der Waals surface area contributed by atoms with Crippen LogP contribution in [-0.4, -0.2) is 59.2 Å². The first-order valence-corrected chi connectivity index (χ1v) is 9.85. The van der Waals surface area contributed by atoms with Crippen molar-refractivity contribution in [2.45, 2.75) is 25.0 Å². The van der Waals surface area contributed by atoms with Crippen LogP contribution in [0.2, 0.25) is 0 Å². The standard InChI is InChI=1S/C21H25N5O7/c22-25-13-24-16-5-1-4-15(9-16)20(32)23-11-17(27)26-21(33-12-19(30)31)8-2-3-14(10-21)6-7-18(28)29/h1-5,8-9,13H,6-7,10-12,22H2,(H,23,32)(H,24,25)(H,26,27)(H,28,29)(H,30,31). The molecule has 0 radical (unpaired) electrons. The number of ether oxygens (including phenoxy) is 1. The monoisotopic (exact) mass is 459 g/mol. The number of allylic oxidation sites excluding steroid dienone is 2. The average Bonchev–Trinajstić information content (AvgIpc) is 2.79. The first-order chi connectivity index (χ1) is 15.7. The van der Waals surface area contributed by atoms with Crippen LogP contribution in [0.5, 0.6) is 0 Å². The summed E-state index contributed by atoms with van der Waals surface area (Å²) in [5.41, 5.74) is 0.0376. The normalized spacial score (nSPS) is 17.3. The smallest absolute Gasteiger partial charge is 0.329 e. The Hall–Kier alpha value is -4.19. The van der Waals surface area contributed by atoms with Crippen LogP contribution in [0.15, 0.2) is 53.2 Å². The Kier molecular flexibility index (Phi) is 9.12. The molecule has 1 atom stereocenters. The fourth-order valence-corrected chi connectivity index (χ4v) is 3.05. The van der Waals surface area contributed by atoms with Gasteiger partial charge in [0.05, 0.1) is 6.54 Å². The van der Waals surface area contributed by atoms with Crippen LogP contribution < -0.4 is 21.8 Å². The summed E-state index contributed by atoms with van der Waals surface area (Å²) >= 11 is 0. The third-order valence-electron chi connectivity index (χ3n) is 4.49. The number of nitrogens with two attached hydrogens (primary N) is 1. The molecule has 0 heterocycles. The Morgan fingerprint density at radius 3 is 2.70 bits per heavy atom. The average molecular weight is 459 g/mol. The maximum Gasteiger partial charge on any atom is 0.329 e. The zero-order valence-corrected chi connectivity index (χ0v) is 17.6. The van der Waals surface area contributed by atoms with Crippen LogP contribution >= 0.6 is 0 Å². The van der Waals surface area contributed by atoms with E-state index in [1.54, 1.807) is 30.4 Å². The highest BCUT2D eigenvalue weighted by Crippen LogP contribution is 2.27. The fraction of sp³-hybridized carbons (Fsp3) is 0.286. The van der Waals surface area contributed by atoms with Gasteiger partial charge in [-0.05, 0) is 30.7 Å². The van der Waals surface area contributed by atoms with Gasteiger partial charge in [0.25, 0.3) is 5.91 Å². The number of carbonyl (C=O) groups excluding carboxylic acids is 2. The van der Waals surface area contributed by atoms with Crippen LogP contribution in [-0.2, 0) is 19.1 Å². The van der Waals surface area contributed by atoms with E-state index in [2.05, 4.69) is 21.1 Å². The number of amides is 2. The molecule has 2 rings (SSSR count). The van der Waals surface area contributed by atoms with Crippen molar-refractivity contribution in [2.75, 3.05) is 18.5 Å². The molecule has 1 aliphatic carbocycles. The number of carboxylic acids is 2. The predicted octanol–water partition coefficient (Wildman–Crippen LogP) is 0.395. The molecule has 0 bridgehead atoms. The number of hydrazone groups is 1. The first kappa shape index (κ1) is 25.1. The Bertz CT molecular complexity index is 989. The number of nitrogens with one attached hydrogen (secondary N) is 3. The molecule has 0 aliphatic heterocycles. The third kappa shape index (κ3) is 8.45. The maximum absolute atomic E-state index is 12.5. The lowest BCUT2D eigenvalue weighted by molar-refractivity contribution is -0.151. The number of carbonyl (C=O) groups is 4. The van der Waals surface area contributed by atoms with Crippen molar-refractivity contribution >= 4 is 35.8 Å². The molecule has 1 unspecified atom stereocenters. The molecule has 1 aromatic carbocycles. The number of aliphatic carboxylic acids is 2. The van der Waals surface area contributed by atoms with Gasteiger partial charge in [-0.25, -0.2) is 4.79 Å². The summed E-state index contributed by atoms with van der Waals surface area (Å²) in [7, 11) is 0. The van der Waals surface area contributed by atoms with Crippen LogP contribution in [0.3, 0.4) is 0 Å². The lowest BCUT2D eigenvalue weighted by Crippen LogP contribution is -2.53. The van der Waals surface area contributed by atoms with E-state index in [0.29, 0.717) is 11.3 Å². The van der Waals surface area contributed by atoms with E-state index in [0.717, 1.165) is 0 Å². The highest BCUT2D eigenvalue weighted by Gasteiger charge is 2.33. The number of hydrogen-bond donors (Lipinski definition) is 6. The van der Waals surface area contributed by atoms with Gasteiger partial charge in [-0.3, -0.25) is 14.4 Å². The van der Waals surface area contributed by atoms with Crippen LogP contribution in [0, 0.1) is 0 Å². The highest BCUT2D eigenvalue weighted by atomic mass is 16.5. The topological polar surface area (TPSA) is 192 Å². The number of rotatable bonds is 12. The predicted molar refractivity (Wildman–Crippen MR) is 118 cm³/mol. The zero-order chi connectivity index (χ0) is 24.3. The van der Waals surface area contributed by atoms with E-state index < -0.39 is 42.6 Å². The minimum atomic E-state index is -1.48. The van der Waals surface area contributed by atoms with E-state index >= 15 is 0 Å². The number of nitrogens with zero attached hydrogens (tertiary/aromatic N) is 1. The van der Waals surface area contributed by atoms with Gasteiger partial charge >= 0.3 is 11.9 Å². The van der Waals surface area contributed by atoms with E-state index in [9.17, 15) is 19.2 Å². The van der Waals surface area contributed by atoms with E-state index in [4.69, 9.17) is 20.8 Å². The van der Waals surface area contributed by atoms with Gasteiger partial charge in [-0.1, -0.05) is 23.8 Å². The summed E-state index contributed by atoms with van der Waals surface area (Å²) in [6.45, 7) is -1.09. The molecular formula is C21H25N5O7. The molecule has 1 aliphatic rings. The highest BCUT2D eigenvalue weighted by molar-refractivity contribution is 5.97. The first-order valence-electron chi connectivity index (χ1n) is 9.85. The van der Waals surface area contributed by atoms with Gasteiger partial charge in [0.1, 0.15) is 12.9 Å². The third-order valence-corrected chi connectivity index (χ3v) is 4.49. The van der Waals surface area contributed by atoms with Gasteiger partial charge < -0.3 is 36.7 Å². The van der Waals surface area contributed by atoms with E-state index in [1.807, 2.05) is 0 Å². The Labute approximate surface area is 189 Å². The summed E-state index contributed by atoms with van der Waals surface area (Å²) in [6.07, 6.45) is 6.14. The van der Waals surface area contributed by atoms with E-state index in [-0.39, 0.29) is 24.8 Å². The lowest BCUT2D eigenvalue weighted by Gasteiger charge is -2.34. The van der Waals surface area contributed by atoms with Crippen molar-refractivity contribution in [3.8, 4) is 0 Å². The Morgan fingerprint density at radius 2 is 2.00 bits per heavy atom. The van der Waals surface area contributed by atoms with Gasteiger partial charge in [0.15, 0.2) is 5.72 Å². The zero-order valence-electron chi connectivity index (χ0n) is 17.6. The van der Waals surface area contributed by atoms with Crippen LogP contribution in [0.25, 0.3) is 0 Å². The van der Waals surface area contributed by atoms with Crippen molar-refractivity contribution < 1.29 is 34.1 Å². The molecule has 0 saturated carbocycles. The van der Waals surface area contributed by atoms with Gasteiger partial charge in [0, 0.05) is 24.1 Å². The summed E-state index contributed by atoms with van der Waals surface area (Å²) in [5, 5.41) is 29.0. The largest absolute Gasteiger partial charge is 0.481 e. The molecule has 12 heteroatoms. The van der Waals surface area contributed by atoms with Gasteiger partial charge in [-0.2, -0.15) is 5.10 Å². The van der Waals surface area contributed by atoms with Crippen LogP contribution in [0.4, 0.5) is 5.69 Å². The summed E-state index contributed by atoms with van der Waals surface area (Å²) in [4.78, 5) is 46.8. The van der Waals surface area contributed by atoms with Crippen molar-refractivity contribution in [3.05, 3.63) is 53.6 Å². The molecule has 33 heavy (non-hydrogen) atoms. The van der Waals surface area contributed by atoms with Crippen molar-refractivity contribution in [1.82, 2.24) is 10.6 Å².